The number of amides is 1. The highest BCUT2D eigenvalue weighted by molar-refractivity contribution is 6.30. The molecule has 3 aromatic rings. The summed E-state index contributed by atoms with van der Waals surface area (Å²) in [4.78, 5) is 18.9. The number of piperazine rings is 1. The minimum atomic E-state index is -0.0656. The van der Waals surface area contributed by atoms with Crippen molar-refractivity contribution in [1.29, 1.82) is 0 Å². The van der Waals surface area contributed by atoms with Crippen molar-refractivity contribution in [1.82, 2.24) is 19.9 Å². The van der Waals surface area contributed by atoms with Gasteiger partial charge in [-0.25, -0.2) is 0 Å². The maximum absolute atomic E-state index is 12.3. The lowest BCUT2D eigenvalue weighted by molar-refractivity contribution is -0.135. The van der Waals surface area contributed by atoms with Crippen LogP contribution in [0, 0.1) is 6.92 Å². The number of aryl methyl sites for hydroxylation is 1. The van der Waals surface area contributed by atoms with E-state index in [2.05, 4.69) is 57.4 Å². The maximum atomic E-state index is 12.3. The monoisotopic (exact) mass is 496 g/mol. The molecule has 0 spiro atoms. The first-order chi connectivity index (χ1) is 17.0. The summed E-state index contributed by atoms with van der Waals surface area (Å²) in [5.41, 5.74) is 3.28. The lowest BCUT2D eigenvalue weighted by atomic mass is 9.96. The molecule has 0 N–H and O–H groups in total. The van der Waals surface area contributed by atoms with Crippen molar-refractivity contribution in [2.24, 2.45) is 0 Å². The minimum Gasteiger partial charge on any atom is -0.370 e. The molecule has 2 heterocycles. The van der Waals surface area contributed by atoms with Crippen molar-refractivity contribution >= 4 is 17.5 Å². The number of nitrogens with zero attached hydrogens (tertiary/aromatic N) is 4. The quantitative estimate of drug-likeness (QED) is 0.395. The van der Waals surface area contributed by atoms with Crippen LogP contribution in [0.1, 0.15) is 28.6 Å². The molecule has 1 saturated heterocycles. The van der Waals surface area contributed by atoms with Gasteiger partial charge in [-0.1, -0.05) is 59.2 Å². The lowest BCUT2D eigenvalue weighted by Crippen LogP contribution is -2.48. The molecule has 186 valence electrons. The summed E-state index contributed by atoms with van der Waals surface area (Å²) < 4.78 is 10.7. The van der Waals surface area contributed by atoms with Crippen LogP contribution in [0.2, 0.25) is 5.02 Å². The van der Waals surface area contributed by atoms with Crippen LogP contribution in [-0.4, -0.2) is 78.7 Å². The fourth-order valence-corrected chi connectivity index (χ4v) is 4.55. The van der Waals surface area contributed by atoms with E-state index in [9.17, 15) is 4.79 Å². The molecule has 4 rings (SSSR count). The summed E-state index contributed by atoms with van der Waals surface area (Å²) in [6, 6.07) is 20.8. The zero-order valence-corrected chi connectivity index (χ0v) is 21.2. The normalized spacial score (nSPS) is 15.7. The molecule has 0 radical (unpaired) electrons. The van der Waals surface area contributed by atoms with Gasteiger partial charge in [0.25, 0.3) is 0 Å². The summed E-state index contributed by atoms with van der Waals surface area (Å²) >= 11 is 6.14. The zero-order valence-electron chi connectivity index (χ0n) is 20.4. The van der Waals surface area contributed by atoms with Crippen molar-refractivity contribution in [2.75, 3.05) is 53.0 Å². The van der Waals surface area contributed by atoms with Gasteiger partial charge < -0.3 is 14.2 Å². The molecule has 0 saturated carbocycles. The highest BCUT2D eigenvalue weighted by Gasteiger charge is 2.26. The standard InChI is InChI=1S/C27H33ClN4O3/c1-21-18-25(29-35-21)19-30(2)26(33)20-34-17-16-31-12-14-32(15-13-31)27(22-6-4-3-5-7-22)23-8-10-24(28)11-9-23/h3-11,18,27H,12-17,19-20H2,1-2H3. The summed E-state index contributed by atoms with van der Waals surface area (Å²) in [5, 5.41) is 4.68. The van der Waals surface area contributed by atoms with E-state index >= 15 is 0 Å². The van der Waals surface area contributed by atoms with Crippen LogP contribution < -0.4 is 0 Å². The molecule has 2 aromatic carbocycles. The molecule has 1 aliphatic rings. The largest absolute Gasteiger partial charge is 0.370 e. The fourth-order valence-electron chi connectivity index (χ4n) is 4.43. The molecule has 8 heteroatoms. The van der Waals surface area contributed by atoms with Gasteiger partial charge in [-0.05, 0) is 30.2 Å². The third kappa shape index (κ3) is 7.15. The zero-order chi connectivity index (χ0) is 24.6. The van der Waals surface area contributed by atoms with Crippen LogP contribution in [0.3, 0.4) is 0 Å². The van der Waals surface area contributed by atoms with E-state index in [0.717, 1.165) is 49.2 Å². The van der Waals surface area contributed by atoms with Gasteiger partial charge in [0.15, 0.2) is 0 Å². The first-order valence-electron chi connectivity index (χ1n) is 12.0. The van der Waals surface area contributed by atoms with E-state index in [1.54, 1.807) is 11.9 Å². The average molecular weight is 497 g/mol. The first-order valence-corrected chi connectivity index (χ1v) is 12.4. The van der Waals surface area contributed by atoms with Gasteiger partial charge in [-0.2, -0.15) is 0 Å². The van der Waals surface area contributed by atoms with Gasteiger partial charge in [0, 0.05) is 50.9 Å². The van der Waals surface area contributed by atoms with Crippen LogP contribution in [0.4, 0.5) is 0 Å². The number of carbonyl (C=O) groups excluding carboxylic acids is 1. The second-order valence-corrected chi connectivity index (χ2v) is 9.41. The Balaban J connectivity index is 1.22. The smallest absolute Gasteiger partial charge is 0.248 e. The molecule has 7 nitrogen and oxygen atoms in total. The minimum absolute atomic E-state index is 0.0656. The van der Waals surface area contributed by atoms with Gasteiger partial charge in [-0.3, -0.25) is 14.6 Å². The van der Waals surface area contributed by atoms with Crippen molar-refractivity contribution in [2.45, 2.75) is 19.5 Å². The molecule has 35 heavy (non-hydrogen) atoms. The molecule has 1 aromatic heterocycles. The number of aromatic nitrogens is 1. The van der Waals surface area contributed by atoms with Crippen LogP contribution >= 0.6 is 11.6 Å². The molecular weight excluding hydrogens is 464 g/mol. The summed E-state index contributed by atoms with van der Waals surface area (Å²) in [7, 11) is 1.75. The summed E-state index contributed by atoms with van der Waals surface area (Å²) in [6.45, 7) is 7.49. The highest BCUT2D eigenvalue weighted by Crippen LogP contribution is 2.30. The van der Waals surface area contributed by atoms with Gasteiger partial charge in [0.2, 0.25) is 5.91 Å². The number of halogens is 1. The summed E-state index contributed by atoms with van der Waals surface area (Å²) in [6.07, 6.45) is 0. The number of benzene rings is 2. The van der Waals surface area contributed by atoms with Gasteiger partial charge >= 0.3 is 0 Å². The molecule has 0 aliphatic carbocycles. The molecule has 1 amide bonds. The predicted octanol–water partition coefficient (Wildman–Crippen LogP) is 4.02. The van der Waals surface area contributed by atoms with Gasteiger partial charge in [0.05, 0.1) is 19.2 Å². The molecule has 1 fully saturated rings. The van der Waals surface area contributed by atoms with Crippen molar-refractivity contribution in [3.8, 4) is 0 Å². The number of carbonyl (C=O) groups is 1. The van der Waals surface area contributed by atoms with E-state index in [1.165, 1.54) is 11.1 Å². The number of likely N-dealkylation sites (N-methyl/N-ethyl adjacent to an activating group) is 1. The van der Waals surface area contributed by atoms with Crippen LogP contribution in [0.25, 0.3) is 0 Å². The Labute approximate surface area is 212 Å². The Bertz CT molecular complexity index is 1070. The number of hydrogen-bond donors (Lipinski definition) is 0. The first kappa shape index (κ1) is 25.4. The van der Waals surface area contributed by atoms with E-state index in [0.29, 0.717) is 13.2 Å². The fraction of sp³-hybridized carbons (Fsp3) is 0.407. The third-order valence-corrected chi connectivity index (χ3v) is 6.60. The van der Waals surface area contributed by atoms with Crippen LogP contribution in [0.15, 0.2) is 65.2 Å². The third-order valence-electron chi connectivity index (χ3n) is 6.35. The van der Waals surface area contributed by atoms with E-state index in [-0.39, 0.29) is 18.6 Å². The predicted molar refractivity (Wildman–Crippen MR) is 136 cm³/mol. The number of ether oxygens (including phenoxy) is 1. The Hall–Kier alpha value is -2.71. The van der Waals surface area contributed by atoms with E-state index in [1.807, 2.05) is 25.1 Å². The second-order valence-electron chi connectivity index (χ2n) is 8.97. The number of hydrogen-bond acceptors (Lipinski definition) is 6. The van der Waals surface area contributed by atoms with Gasteiger partial charge in [0.1, 0.15) is 18.1 Å². The average Bonchev–Trinajstić information content (AvgIpc) is 3.29. The molecule has 0 bridgehead atoms. The number of rotatable bonds is 10. The van der Waals surface area contributed by atoms with Crippen LogP contribution in [-0.2, 0) is 16.1 Å². The Morgan fingerprint density at radius 1 is 1.09 bits per heavy atom. The SMILES string of the molecule is Cc1cc(CN(C)C(=O)COCCN2CCN(C(c3ccccc3)c3ccc(Cl)cc3)CC2)no1. The molecular formula is C27H33ClN4O3. The Kier molecular flexibility index (Phi) is 8.93. The van der Waals surface area contributed by atoms with Crippen molar-refractivity contribution in [3.63, 3.8) is 0 Å². The Morgan fingerprint density at radius 2 is 1.77 bits per heavy atom. The molecule has 1 unspecified atom stereocenters. The Morgan fingerprint density at radius 3 is 2.43 bits per heavy atom. The van der Waals surface area contributed by atoms with E-state index in [4.69, 9.17) is 20.9 Å². The van der Waals surface area contributed by atoms with Crippen LogP contribution in [0.5, 0.6) is 0 Å². The topological polar surface area (TPSA) is 62.1 Å². The van der Waals surface area contributed by atoms with Crippen molar-refractivity contribution in [3.05, 3.63) is 88.3 Å². The molecule has 1 atom stereocenters. The maximum Gasteiger partial charge on any atom is 0.248 e. The van der Waals surface area contributed by atoms with Gasteiger partial charge in [-0.15, -0.1) is 0 Å². The van der Waals surface area contributed by atoms with E-state index < -0.39 is 0 Å². The second kappa shape index (κ2) is 12.3. The lowest BCUT2D eigenvalue weighted by Gasteiger charge is -2.39. The van der Waals surface area contributed by atoms with Crippen molar-refractivity contribution < 1.29 is 14.1 Å². The summed E-state index contributed by atoms with van der Waals surface area (Å²) in [5.74, 6) is 0.671. The highest BCUT2D eigenvalue weighted by atomic mass is 35.5. The molecule has 1 aliphatic heterocycles.